The van der Waals surface area contributed by atoms with Crippen molar-refractivity contribution in [1.82, 2.24) is 20.8 Å². The molecule has 1 heterocycles. The summed E-state index contributed by atoms with van der Waals surface area (Å²) in [5.41, 5.74) is 1.01. The Kier molecular flexibility index (Phi) is 5.33. The van der Waals surface area contributed by atoms with Gasteiger partial charge in [0.2, 0.25) is 17.6 Å². The third-order valence-corrected chi connectivity index (χ3v) is 3.08. The van der Waals surface area contributed by atoms with Crippen LogP contribution < -0.4 is 10.6 Å². The number of benzene rings is 1. The highest BCUT2D eigenvalue weighted by molar-refractivity contribution is 5.94. The maximum Gasteiger partial charge on any atom is 0.251 e. The van der Waals surface area contributed by atoms with Crippen molar-refractivity contribution in [2.45, 2.75) is 39.7 Å². The minimum absolute atomic E-state index is 0.0920. The van der Waals surface area contributed by atoms with Crippen LogP contribution in [0.5, 0.6) is 0 Å². The SMILES string of the molecule is Cc1nc(-c2ccc(C(=O)NCCC(=O)NC(C)(C)C)cc2)no1. The van der Waals surface area contributed by atoms with E-state index in [4.69, 9.17) is 4.52 Å². The van der Waals surface area contributed by atoms with Gasteiger partial charge in [-0.15, -0.1) is 0 Å². The Bertz CT molecular complexity index is 714. The molecule has 0 bridgehead atoms. The number of hydrogen-bond acceptors (Lipinski definition) is 5. The van der Waals surface area contributed by atoms with Crippen LogP contribution in [-0.2, 0) is 4.79 Å². The smallest absolute Gasteiger partial charge is 0.251 e. The van der Waals surface area contributed by atoms with Gasteiger partial charge in [-0.05, 0) is 32.9 Å². The van der Waals surface area contributed by atoms with Gasteiger partial charge in [0.25, 0.3) is 5.91 Å². The first kappa shape index (κ1) is 17.7. The Morgan fingerprint density at radius 2 is 1.83 bits per heavy atom. The van der Waals surface area contributed by atoms with Gasteiger partial charge in [0, 0.05) is 36.6 Å². The van der Waals surface area contributed by atoms with Crippen LogP contribution in [0.3, 0.4) is 0 Å². The van der Waals surface area contributed by atoms with Crippen molar-refractivity contribution >= 4 is 11.8 Å². The summed E-state index contributed by atoms with van der Waals surface area (Å²) in [5.74, 6) is 0.652. The monoisotopic (exact) mass is 330 g/mol. The zero-order valence-corrected chi connectivity index (χ0v) is 14.3. The number of nitrogens with zero attached hydrogens (tertiary/aromatic N) is 2. The number of nitrogens with one attached hydrogen (secondary N) is 2. The molecule has 0 aliphatic carbocycles. The number of carbonyl (C=O) groups excluding carboxylic acids is 2. The summed E-state index contributed by atoms with van der Waals surface area (Å²) in [6.07, 6.45) is 0.239. The van der Waals surface area contributed by atoms with Gasteiger partial charge in [-0.3, -0.25) is 9.59 Å². The number of aromatic nitrogens is 2. The third kappa shape index (κ3) is 5.19. The van der Waals surface area contributed by atoms with Gasteiger partial charge in [0.05, 0.1) is 0 Å². The molecule has 2 amide bonds. The molecule has 0 saturated heterocycles. The van der Waals surface area contributed by atoms with Crippen molar-refractivity contribution < 1.29 is 14.1 Å². The fraction of sp³-hybridized carbons (Fsp3) is 0.412. The first-order valence-corrected chi connectivity index (χ1v) is 7.74. The molecule has 1 aromatic carbocycles. The average molecular weight is 330 g/mol. The molecule has 24 heavy (non-hydrogen) atoms. The van der Waals surface area contributed by atoms with Crippen molar-refractivity contribution in [3.8, 4) is 11.4 Å². The van der Waals surface area contributed by atoms with E-state index in [-0.39, 0.29) is 30.3 Å². The molecule has 2 rings (SSSR count). The summed E-state index contributed by atoms with van der Waals surface area (Å²) >= 11 is 0. The molecule has 7 nitrogen and oxygen atoms in total. The van der Waals surface area contributed by atoms with E-state index in [1.807, 2.05) is 20.8 Å². The fourth-order valence-electron chi connectivity index (χ4n) is 2.06. The van der Waals surface area contributed by atoms with Crippen molar-refractivity contribution in [3.63, 3.8) is 0 Å². The fourth-order valence-corrected chi connectivity index (χ4v) is 2.06. The summed E-state index contributed by atoms with van der Waals surface area (Å²) in [5, 5.41) is 9.40. The van der Waals surface area contributed by atoms with Gasteiger partial charge >= 0.3 is 0 Å². The zero-order chi connectivity index (χ0) is 17.7. The van der Waals surface area contributed by atoms with Crippen LogP contribution in [0, 0.1) is 6.92 Å². The van der Waals surface area contributed by atoms with E-state index in [1.54, 1.807) is 31.2 Å². The molecule has 0 unspecified atom stereocenters. The van der Waals surface area contributed by atoms with Crippen molar-refractivity contribution in [2.24, 2.45) is 0 Å². The molecule has 2 aromatic rings. The lowest BCUT2D eigenvalue weighted by molar-refractivity contribution is -0.122. The molecule has 0 aliphatic heterocycles. The van der Waals surface area contributed by atoms with Gasteiger partial charge in [-0.2, -0.15) is 4.98 Å². The second kappa shape index (κ2) is 7.25. The van der Waals surface area contributed by atoms with Crippen LogP contribution in [-0.4, -0.2) is 34.0 Å². The second-order valence-electron chi connectivity index (χ2n) is 6.52. The molecule has 0 aliphatic rings. The highest BCUT2D eigenvalue weighted by Crippen LogP contribution is 2.16. The van der Waals surface area contributed by atoms with Crippen molar-refractivity contribution in [2.75, 3.05) is 6.54 Å². The molecule has 7 heteroatoms. The Morgan fingerprint density at radius 1 is 1.17 bits per heavy atom. The Morgan fingerprint density at radius 3 is 2.38 bits per heavy atom. The van der Waals surface area contributed by atoms with Crippen LogP contribution >= 0.6 is 0 Å². The summed E-state index contributed by atoms with van der Waals surface area (Å²) in [6.45, 7) is 7.74. The molecule has 0 atom stereocenters. The van der Waals surface area contributed by atoms with Crippen LogP contribution in [0.2, 0.25) is 0 Å². The van der Waals surface area contributed by atoms with Crippen LogP contribution in [0.25, 0.3) is 11.4 Å². The lowest BCUT2D eigenvalue weighted by Gasteiger charge is -2.20. The molecule has 0 radical (unpaired) electrons. The standard InChI is InChI=1S/C17H22N4O3/c1-11-19-15(21-24-11)12-5-7-13(8-6-12)16(23)18-10-9-14(22)20-17(2,3)4/h5-8H,9-10H2,1-4H3,(H,18,23)(H,20,22). The van der Waals surface area contributed by atoms with Gasteiger partial charge in [-0.25, -0.2) is 0 Å². The number of aryl methyl sites for hydroxylation is 1. The highest BCUT2D eigenvalue weighted by Gasteiger charge is 2.14. The summed E-state index contributed by atoms with van der Waals surface area (Å²) in [6, 6.07) is 6.88. The predicted octanol–water partition coefficient (Wildman–Crippen LogP) is 2.08. The number of carbonyl (C=O) groups is 2. The minimum atomic E-state index is -0.273. The minimum Gasteiger partial charge on any atom is -0.352 e. The van der Waals surface area contributed by atoms with Crippen LogP contribution in [0.4, 0.5) is 0 Å². The average Bonchev–Trinajstić information content (AvgIpc) is 2.92. The molecule has 128 valence electrons. The number of rotatable bonds is 5. The van der Waals surface area contributed by atoms with Crippen LogP contribution in [0.15, 0.2) is 28.8 Å². The topological polar surface area (TPSA) is 97.1 Å². The molecular formula is C17H22N4O3. The van der Waals surface area contributed by atoms with Gasteiger partial charge in [0.15, 0.2) is 0 Å². The van der Waals surface area contributed by atoms with E-state index < -0.39 is 0 Å². The highest BCUT2D eigenvalue weighted by atomic mass is 16.5. The van der Waals surface area contributed by atoms with Crippen molar-refractivity contribution in [1.29, 1.82) is 0 Å². The lowest BCUT2D eigenvalue weighted by Crippen LogP contribution is -2.41. The summed E-state index contributed by atoms with van der Waals surface area (Å²) in [4.78, 5) is 27.9. The van der Waals surface area contributed by atoms with Gasteiger partial charge in [-0.1, -0.05) is 17.3 Å². The van der Waals surface area contributed by atoms with Crippen LogP contribution in [0.1, 0.15) is 43.4 Å². The van der Waals surface area contributed by atoms with E-state index in [0.29, 0.717) is 17.3 Å². The Labute approximate surface area is 140 Å². The quantitative estimate of drug-likeness (QED) is 0.875. The maximum atomic E-state index is 12.1. The van der Waals surface area contributed by atoms with Gasteiger partial charge < -0.3 is 15.2 Å². The Balaban J connectivity index is 1.86. The molecule has 1 aromatic heterocycles. The zero-order valence-electron chi connectivity index (χ0n) is 14.3. The number of hydrogen-bond donors (Lipinski definition) is 2. The second-order valence-corrected chi connectivity index (χ2v) is 6.52. The summed E-state index contributed by atoms with van der Waals surface area (Å²) in [7, 11) is 0. The first-order chi connectivity index (χ1) is 11.2. The third-order valence-electron chi connectivity index (χ3n) is 3.08. The van der Waals surface area contributed by atoms with Crippen molar-refractivity contribution in [3.05, 3.63) is 35.7 Å². The molecule has 2 N–H and O–H groups in total. The largest absolute Gasteiger partial charge is 0.352 e. The van der Waals surface area contributed by atoms with E-state index in [0.717, 1.165) is 5.56 Å². The van der Waals surface area contributed by atoms with E-state index >= 15 is 0 Å². The summed E-state index contributed by atoms with van der Waals surface area (Å²) < 4.78 is 4.93. The predicted molar refractivity (Wildman–Crippen MR) is 89.3 cm³/mol. The lowest BCUT2D eigenvalue weighted by atomic mass is 10.1. The normalized spacial score (nSPS) is 11.2. The Hall–Kier alpha value is -2.70. The van der Waals surface area contributed by atoms with E-state index in [9.17, 15) is 9.59 Å². The number of amides is 2. The van der Waals surface area contributed by atoms with E-state index in [1.165, 1.54) is 0 Å². The molecular weight excluding hydrogens is 308 g/mol. The maximum absolute atomic E-state index is 12.1. The first-order valence-electron chi connectivity index (χ1n) is 7.74. The van der Waals surface area contributed by atoms with E-state index in [2.05, 4.69) is 20.8 Å². The molecule has 0 spiro atoms. The molecule has 0 fully saturated rings. The molecule has 0 saturated carbocycles. The van der Waals surface area contributed by atoms with Gasteiger partial charge in [0.1, 0.15) is 0 Å².